The molecule has 232 valence electrons. The van der Waals surface area contributed by atoms with E-state index in [1.807, 2.05) is 0 Å². The first-order valence-corrected chi connectivity index (χ1v) is 14.0. The number of hydrogen-bond donors (Lipinski definition) is 2. The summed E-state index contributed by atoms with van der Waals surface area (Å²) in [6.07, 6.45) is 4.09. The lowest BCUT2D eigenvalue weighted by Crippen LogP contribution is -2.26. The molecule has 0 aliphatic rings. The zero-order valence-corrected chi connectivity index (χ0v) is 24.1. The first-order valence-electron chi connectivity index (χ1n) is 14.0. The Hall–Kier alpha value is -5.91. The Bertz CT molecular complexity index is 2140. The fraction of sp³-hybridized carbons (Fsp3) is 0.0882. The lowest BCUT2D eigenvalue weighted by atomic mass is 10.1. The molecule has 6 rings (SSSR count). The van der Waals surface area contributed by atoms with Crippen LogP contribution in [-0.4, -0.2) is 27.0 Å². The van der Waals surface area contributed by atoms with Crippen LogP contribution < -0.4 is 20.3 Å². The van der Waals surface area contributed by atoms with Crippen molar-refractivity contribution in [2.24, 2.45) is 0 Å². The quantitative estimate of drug-likeness (QED) is 0.164. The van der Waals surface area contributed by atoms with Gasteiger partial charge in [-0.15, -0.1) is 0 Å². The van der Waals surface area contributed by atoms with Gasteiger partial charge in [-0.3, -0.25) is 14.2 Å². The van der Waals surface area contributed by atoms with Crippen molar-refractivity contribution in [1.29, 1.82) is 0 Å². The molecule has 12 heteroatoms. The van der Waals surface area contributed by atoms with Gasteiger partial charge >= 0.3 is 0 Å². The summed E-state index contributed by atoms with van der Waals surface area (Å²) in [5.41, 5.74) is 1.25. The van der Waals surface area contributed by atoms with Crippen LogP contribution in [0.1, 0.15) is 12.5 Å². The maximum Gasteiger partial charge on any atom is 0.262 e. The molecule has 2 N–H and O–H groups in total. The molecule has 3 aromatic heterocycles. The van der Waals surface area contributed by atoms with Gasteiger partial charge in [0.05, 0.1) is 24.0 Å². The van der Waals surface area contributed by atoms with Gasteiger partial charge in [0, 0.05) is 41.6 Å². The van der Waals surface area contributed by atoms with Crippen LogP contribution in [0.25, 0.3) is 27.8 Å². The Balaban J connectivity index is 1.23. The molecule has 46 heavy (non-hydrogen) atoms. The van der Waals surface area contributed by atoms with Crippen LogP contribution in [0.4, 0.5) is 23.2 Å². The van der Waals surface area contributed by atoms with Gasteiger partial charge in [0.2, 0.25) is 5.91 Å². The van der Waals surface area contributed by atoms with Gasteiger partial charge in [-0.2, -0.15) is 0 Å². The number of carbonyl (C=O) groups is 1. The number of aromatic amines is 1. The summed E-state index contributed by atoms with van der Waals surface area (Å²) in [7, 11) is 0. The third kappa shape index (κ3) is 6.05. The van der Waals surface area contributed by atoms with Crippen LogP contribution in [-0.2, 0) is 11.2 Å². The van der Waals surface area contributed by atoms with Crippen molar-refractivity contribution in [2.75, 3.05) is 11.9 Å². The molecule has 0 saturated heterocycles. The average Bonchev–Trinajstić information content (AvgIpc) is 3.48. The molecule has 0 aliphatic carbocycles. The van der Waals surface area contributed by atoms with Crippen molar-refractivity contribution in [1.82, 2.24) is 14.5 Å². The lowest BCUT2D eigenvalue weighted by molar-refractivity contribution is -0.115. The van der Waals surface area contributed by atoms with E-state index in [-0.39, 0.29) is 41.5 Å². The summed E-state index contributed by atoms with van der Waals surface area (Å²) >= 11 is 0. The van der Waals surface area contributed by atoms with Crippen molar-refractivity contribution in [3.05, 3.63) is 131 Å². The fourth-order valence-electron chi connectivity index (χ4n) is 4.97. The summed E-state index contributed by atoms with van der Waals surface area (Å²) in [4.78, 5) is 33.5. The van der Waals surface area contributed by atoms with E-state index in [4.69, 9.17) is 9.47 Å². The van der Waals surface area contributed by atoms with E-state index in [2.05, 4.69) is 15.3 Å². The van der Waals surface area contributed by atoms with E-state index >= 15 is 4.39 Å². The third-order valence-corrected chi connectivity index (χ3v) is 7.09. The number of fused-ring (bicyclic) bond motifs is 1. The van der Waals surface area contributed by atoms with Crippen LogP contribution in [0.3, 0.4) is 0 Å². The topological polar surface area (TPSA) is 98.2 Å². The van der Waals surface area contributed by atoms with E-state index in [1.165, 1.54) is 65.5 Å². The maximum absolute atomic E-state index is 15.3. The summed E-state index contributed by atoms with van der Waals surface area (Å²) in [6, 6.07) is 15.6. The maximum atomic E-state index is 15.3. The molecule has 0 unspecified atom stereocenters. The number of halogens is 4. The number of amides is 1. The second kappa shape index (κ2) is 12.6. The largest absolute Gasteiger partial charge is 0.493 e. The van der Waals surface area contributed by atoms with Crippen molar-refractivity contribution in [3.63, 3.8) is 0 Å². The van der Waals surface area contributed by atoms with E-state index in [9.17, 15) is 22.8 Å². The number of aromatic nitrogens is 3. The van der Waals surface area contributed by atoms with Crippen LogP contribution >= 0.6 is 0 Å². The van der Waals surface area contributed by atoms with Gasteiger partial charge < -0.3 is 19.8 Å². The molecule has 0 bridgehead atoms. The predicted octanol–water partition coefficient (Wildman–Crippen LogP) is 7.31. The van der Waals surface area contributed by atoms with Crippen LogP contribution in [0, 0.1) is 23.3 Å². The summed E-state index contributed by atoms with van der Waals surface area (Å²) in [6.45, 7) is 1.98. The molecule has 0 radical (unpaired) electrons. The monoisotopic (exact) mass is 628 g/mol. The molecule has 0 saturated carbocycles. The van der Waals surface area contributed by atoms with Crippen molar-refractivity contribution < 1.29 is 31.8 Å². The molecular weight excluding hydrogens is 604 g/mol. The first kappa shape index (κ1) is 30.1. The number of pyridine rings is 2. The number of nitrogens with one attached hydrogen (secondary N) is 2. The van der Waals surface area contributed by atoms with Crippen LogP contribution in [0.5, 0.6) is 17.2 Å². The Kier molecular flexibility index (Phi) is 8.25. The molecular formula is C34H24F4N4O4. The van der Waals surface area contributed by atoms with Gasteiger partial charge in [0.15, 0.2) is 23.2 Å². The molecule has 3 heterocycles. The zero-order chi connectivity index (χ0) is 32.4. The second-order valence-corrected chi connectivity index (χ2v) is 10.1. The number of nitrogens with zero attached hydrogens (tertiary/aromatic N) is 2. The molecule has 3 aromatic carbocycles. The van der Waals surface area contributed by atoms with Gasteiger partial charge in [0.25, 0.3) is 5.56 Å². The summed E-state index contributed by atoms with van der Waals surface area (Å²) in [5, 5.41) is 3.00. The smallest absolute Gasteiger partial charge is 0.262 e. The van der Waals surface area contributed by atoms with Crippen LogP contribution in [0.15, 0.2) is 96.2 Å². The average molecular weight is 629 g/mol. The molecule has 8 nitrogen and oxygen atoms in total. The highest BCUT2D eigenvalue weighted by Crippen LogP contribution is 2.38. The SMILES string of the molecule is CCOc1ccn(-c2ccc(F)cc2)c(=O)c1CC(=O)Nc1ccc(Oc2ccnc3[nH]cc(-c4ccc(F)c(F)c4)c23)c(F)c1. The molecule has 1 amide bonds. The Morgan fingerprint density at radius 2 is 1.70 bits per heavy atom. The number of rotatable bonds is 9. The van der Waals surface area contributed by atoms with Gasteiger partial charge in [-0.05, 0) is 73.2 Å². The highest BCUT2D eigenvalue weighted by Gasteiger charge is 2.19. The Morgan fingerprint density at radius 1 is 0.891 bits per heavy atom. The zero-order valence-electron chi connectivity index (χ0n) is 24.1. The van der Waals surface area contributed by atoms with Gasteiger partial charge in [-0.25, -0.2) is 22.5 Å². The highest BCUT2D eigenvalue weighted by molar-refractivity contribution is 5.98. The first-order chi connectivity index (χ1) is 22.2. The standard InChI is InChI=1S/C34H24F4N4O4/c1-2-45-28-12-14-42(22-7-4-20(35)5-8-22)34(44)23(28)17-31(43)41-21-6-10-29(27(38)16-21)46-30-11-13-39-33-32(30)24(18-40-33)19-3-9-25(36)26(37)15-19/h3-16,18H,2,17H2,1H3,(H,39,40)(H,41,43). The minimum atomic E-state index is -1.03. The third-order valence-electron chi connectivity index (χ3n) is 7.09. The van der Waals surface area contributed by atoms with Crippen molar-refractivity contribution >= 4 is 22.6 Å². The van der Waals surface area contributed by atoms with E-state index < -0.39 is 34.7 Å². The molecule has 0 atom stereocenters. The Labute approximate surface area is 258 Å². The number of hydrogen-bond acceptors (Lipinski definition) is 5. The van der Waals surface area contributed by atoms with E-state index in [0.717, 1.165) is 18.2 Å². The minimum Gasteiger partial charge on any atom is -0.493 e. The number of H-pyrrole nitrogens is 1. The summed E-state index contributed by atoms with van der Waals surface area (Å²) < 4.78 is 68.9. The number of benzene rings is 3. The van der Waals surface area contributed by atoms with Crippen molar-refractivity contribution in [2.45, 2.75) is 13.3 Å². The molecule has 0 fully saturated rings. The van der Waals surface area contributed by atoms with Gasteiger partial charge in [0.1, 0.15) is 23.0 Å². The number of ether oxygens (including phenoxy) is 2. The second-order valence-electron chi connectivity index (χ2n) is 10.1. The molecule has 0 spiro atoms. The Morgan fingerprint density at radius 3 is 2.43 bits per heavy atom. The minimum absolute atomic E-state index is 0.0663. The van der Waals surface area contributed by atoms with Crippen molar-refractivity contribution in [3.8, 4) is 34.1 Å². The normalized spacial score (nSPS) is 11.1. The van der Waals surface area contributed by atoms with Crippen LogP contribution in [0.2, 0.25) is 0 Å². The van der Waals surface area contributed by atoms with E-state index in [1.54, 1.807) is 19.2 Å². The fourth-order valence-corrected chi connectivity index (χ4v) is 4.97. The number of anilines is 1. The van der Waals surface area contributed by atoms with Gasteiger partial charge in [-0.1, -0.05) is 6.07 Å². The molecule has 6 aromatic rings. The summed E-state index contributed by atoms with van der Waals surface area (Å²) in [5.74, 6) is -3.65. The predicted molar refractivity (Wildman–Crippen MR) is 163 cm³/mol. The lowest BCUT2D eigenvalue weighted by Gasteiger charge is -2.14. The van der Waals surface area contributed by atoms with E-state index in [0.29, 0.717) is 27.8 Å². The highest BCUT2D eigenvalue weighted by atomic mass is 19.2. The molecule has 0 aliphatic heterocycles. The number of carbonyl (C=O) groups excluding carboxylic acids is 1.